The zero-order chi connectivity index (χ0) is 25.5. The third-order valence-corrected chi connectivity index (χ3v) is 6.48. The molecule has 36 heavy (non-hydrogen) atoms. The first-order valence-corrected chi connectivity index (χ1v) is 12.1. The Hall–Kier alpha value is -3.91. The second kappa shape index (κ2) is 11.7. The Kier molecular flexibility index (Phi) is 8.17. The molecule has 2 aliphatic rings. The van der Waals surface area contributed by atoms with Crippen LogP contribution in [-0.4, -0.2) is 51.4 Å². The molecule has 1 aliphatic heterocycles. The second-order valence-electron chi connectivity index (χ2n) is 9.20. The number of hydrogen-bond acceptors (Lipinski definition) is 6. The number of amides is 2. The highest BCUT2D eigenvalue weighted by Gasteiger charge is 2.36. The molecule has 2 amide bonds. The van der Waals surface area contributed by atoms with Gasteiger partial charge in [0.05, 0.1) is 0 Å². The number of benzene rings is 1. The van der Waals surface area contributed by atoms with Crippen LogP contribution in [0.5, 0.6) is 0 Å². The van der Waals surface area contributed by atoms with Crippen molar-refractivity contribution < 1.29 is 19.2 Å². The number of ketones is 2. The van der Waals surface area contributed by atoms with Gasteiger partial charge in [-0.3, -0.25) is 24.2 Å². The van der Waals surface area contributed by atoms with Crippen LogP contribution in [0.25, 0.3) is 0 Å². The number of rotatable bonds is 10. The van der Waals surface area contributed by atoms with Crippen LogP contribution in [0.2, 0.25) is 0 Å². The summed E-state index contributed by atoms with van der Waals surface area (Å²) in [4.78, 5) is 55.0. The average Bonchev–Trinajstić information content (AvgIpc) is 3.24. The van der Waals surface area contributed by atoms with Crippen molar-refractivity contribution in [2.75, 3.05) is 0 Å². The Morgan fingerprint density at radius 1 is 1.03 bits per heavy atom. The second-order valence-corrected chi connectivity index (χ2v) is 9.20. The first-order chi connectivity index (χ1) is 17.4. The molecule has 0 spiro atoms. The number of allylic oxidation sites excluding steroid dienone is 2. The zero-order valence-electron chi connectivity index (χ0n) is 20.2. The Bertz CT molecular complexity index is 1180. The maximum atomic E-state index is 13.2. The summed E-state index contributed by atoms with van der Waals surface area (Å²) in [5.41, 5.74) is 2.70. The number of carbonyl (C=O) groups is 4. The highest BCUT2D eigenvalue weighted by molar-refractivity contribution is 6.46. The van der Waals surface area contributed by atoms with Crippen LogP contribution in [0.3, 0.4) is 0 Å². The van der Waals surface area contributed by atoms with Gasteiger partial charge in [-0.1, -0.05) is 36.4 Å². The van der Waals surface area contributed by atoms with Gasteiger partial charge in [0.2, 0.25) is 23.4 Å². The fourth-order valence-corrected chi connectivity index (χ4v) is 4.56. The molecule has 186 valence electrons. The normalized spacial score (nSPS) is 19.2. The molecule has 1 aliphatic carbocycles. The van der Waals surface area contributed by atoms with Crippen LogP contribution in [0, 0.1) is 0 Å². The number of hydrogen-bond donors (Lipinski definition) is 2. The van der Waals surface area contributed by atoms with Gasteiger partial charge in [-0.15, -0.1) is 0 Å². The molecule has 0 saturated carbocycles. The van der Waals surface area contributed by atoms with Gasteiger partial charge in [-0.05, 0) is 60.8 Å². The van der Waals surface area contributed by atoms with Crippen molar-refractivity contribution in [3.8, 4) is 0 Å². The quantitative estimate of drug-likeness (QED) is 0.394. The van der Waals surface area contributed by atoms with Gasteiger partial charge in [-0.25, -0.2) is 0 Å². The topological polar surface area (TPSA) is 108 Å². The largest absolute Gasteiger partial charge is 0.352 e. The Labute approximate surface area is 210 Å². The lowest BCUT2D eigenvalue weighted by atomic mass is 9.94. The maximum Gasteiger partial charge on any atom is 0.243 e. The van der Waals surface area contributed by atoms with Gasteiger partial charge in [-0.2, -0.15) is 0 Å². The van der Waals surface area contributed by atoms with Crippen molar-refractivity contribution in [3.63, 3.8) is 0 Å². The number of carbonyl (C=O) groups excluding carboxylic acids is 4. The average molecular weight is 487 g/mol. The molecule has 2 heterocycles. The summed E-state index contributed by atoms with van der Waals surface area (Å²) in [7, 11) is 0. The van der Waals surface area contributed by atoms with Crippen molar-refractivity contribution in [2.24, 2.45) is 0 Å². The molecule has 1 saturated heterocycles. The van der Waals surface area contributed by atoms with Gasteiger partial charge in [0.25, 0.3) is 0 Å². The third kappa shape index (κ3) is 6.40. The third-order valence-electron chi connectivity index (χ3n) is 6.48. The fourth-order valence-electron chi connectivity index (χ4n) is 4.56. The molecule has 4 rings (SSSR count). The zero-order valence-corrected chi connectivity index (χ0v) is 20.2. The molecule has 3 unspecified atom stereocenters. The first-order valence-electron chi connectivity index (χ1n) is 12.1. The molecule has 1 aromatic carbocycles. The number of likely N-dealkylation sites (tertiary alicyclic amines) is 1. The maximum absolute atomic E-state index is 13.2. The number of nitrogens with one attached hydrogen (secondary N) is 2. The van der Waals surface area contributed by atoms with Crippen LogP contribution in [-0.2, 0) is 32.3 Å². The minimum atomic E-state index is -0.555. The summed E-state index contributed by atoms with van der Waals surface area (Å²) in [6, 6.07) is 12.4. The smallest absolute Gasteiger partial charge is 0.243 e. The van der Waals surface area contributed by atoms with Crippen molar-refractivity contribution in [1.29, 1.82) is 0 Å². The van der Waals surface area contributed by atoms with E-state index in [1.165, 1.54) is 12.2 Å². The van der Waals surface area contributed by atoms with Crippen LogP contribution in [0.1, 0.15) is 37.3 Å². The highest BCUT2D eigenvalue weighted by Crippen LogP contribution is 2.22. The van der Waals surface area contributed by atoms with E-state index in [0.717, 1.165) is 11.1 Å². The van der Waals surface area contributed by atoms with Gasteiger partial charge in [0.1, 0.15) is 6.04 Å². The predicted octanol–water partition coefficient (Wildman–Crippen LogP) is 2.26. The van der Waals surface area contributed by atoms with E-state index in [1.807, 2.05) is 49.4 Å². The Balaban J connectivity index is 1.41. The highest BCUT2D eigenvalue weighted by atomic mass is 16.2. The lowest BCUT2D eigenvalue weighted by molar-refractivity contribution is -0.136. The molecule has 2 aromatic rings. The van der Waals surface area contributed by atoms with E-state index in [9.17, 15) is 19.2 Å². The van der Waals surface area contributed by atoms with Crippen LogP contribution < -0.4 is 10.6 Å². The lowest BCUT2D eigenvalue weighted by Gasteiger charge is -2.28. The summed E-state index contributed by atoms with van der Waals surface area (Å²) >= 11 is 0. The molecule has 2 N–H and O–H groups in total. The lowest BCUT2D eigenvalue weighted by Crippen LogP contribution is -2.48. The monoisotopic (exact) mass is 486 g/mol. The summed E-state index contributed by atoms with van der Waals surface area (Å²) in [6.45, 7) is 2.83. The molecule has 3 atom stereocenters. The molecule has 0 radical (unpaired) electrons. The van der Waals surface area contributed by atoms with Gasteiger partial charge in [0, 0.05) is 44.0 Å². The summed E-state index contributed by atoms with van der Waals surface area (Å²) in [5, 5.41) is 6.50. The molecule has 8 nitrogen and oxygen atoms in total. The van der Waals surface area contributed by atoms with Crippen molar-refractivity contribution in [2.45, 2.75) is 57.4 Å². The number of pyridine rings is 1. The summed E-state index contributed by atoms with van der Waals surface area (Å²) in [6.07, 6.45) is 9.04. The van der Waals surface area contributed by atoms with Crippen molar-refractivity contribution in [3.05, 3.63) is 89.8 Å². The van der Waals surface area contributed by atoms with Gasteiger partial charge >= 0.3 is 0 Å². The minimum Gasteiger partial charge on any atom is -0.352 e. The number of aromatic nitrogens is 1. The first kappa shape index (κ1) is 25.2. The molecule has 1 fully saturated rings. The SMILES string of the molecule is CC(CC(NCc1ccncc1)C1=CC(=O)C(=O)C=C1)NC(=O)C1CCC(=O)N1Cc1ccccc1. The summed E-state index contributed by atoms with van der Waals surface area (Å²) < 4.78 is 0. The van der Waals surface area contributed by atoms with Gasteiger partial charge < -0.3 is 15.5 Å². The van der Waals surface area contributed by atoms with E-state index in [0.29, 0.717) is 37.9 Å². The van der Waals surface area contributed by atoms with Crippen molar-refractivity contribution in [1.82, 2.24) is 20.5 Å². The molecule has 1 aromatic heterocycles. The van der Waals surface area contributed by atoms with E-state index in [4.69, 9.17) is 0 Å². The van der Waals surface area contributed by atoms with E-state index in [-0.39, 0.29) is 23.9 Å². The van der Waals surface area contributed by atoms with E-state index < -0.39 is 17.6 Å². The van der Waals surface area contributed by atoms with E-state index >= 15 is 0 Å². The summed E-state index contributed by atoms with van der Waals surface area (Å²) in [5.74, 6) is -1.31. The predicted molar refractivity (Wildman–Crippen MR) is 134 cm³/mol. The Morgan fingerprint density at radius 3 is 2.50 bits per heavy atom. The molecule has 0 bridgehead atoms. The van der Waals surface area contributed by atoms with E-state index in [1.54, 1.807) is 23.4 Å². The van der Waals surface area contributed by atoms with Crippen molar-refractivity contribution >= 4 is 23.4 Å². The molecular formula is C28H30N4O4. The van der Waals surface area contributed by atoms with Crippen LogP contribution in [0.15, 0.2) is 78.7 Å². The number of nitrogens with zero attached hydrogens (tertiary/aromatic N) is 2. The Morgan fingerprint density at radius 2 is 1.78 bits per heavy atom. The van der Waals surface area contributed by atoms with E-state index in [2.05, 4.69) is 15.6 Å². The van der Waals surface area contributed by atoms with Gasteiger partial charge in [0.15, 0.2) is 0 Å². The molecular weight excluding hydrogens is 456 g/mol. The minimum absolute atomic E-state index is 0.0239. The standard InChI is InChI=1S/C28H30N4O4/c1-19(31-28(36)24-8-10-27(35)32(24)18-21-5-3-2-4-6-21)15-23(22-7-9-25(33)26(34)16-22)30-17-20-11-13-29-14-12-20/h2-7,9,11-14,16,19,23-24,30H,8,10,15,17-18H2,1H3,(H,31,36). The van der Waals surface area contributed by atoms with Crippen LogP contribution >= 0.6 is 0 Å². The fraction of sp³-hybridized carbons (Fsp3) is 0.321. The van der Waals surface area contributed by atoms with Crippen LogP contribution in [0.4, 0.5) is 0 Å². The molecule has 8 heteroatoms.